The van der Waals surface area contributed by atoms with Crippen LogP contribution in [0.15, 0.2) is 28.2 Å². The minimum Gasteiger partial charge on any atom is -0.462 e. The van der Waals surface area contributed by atoms with Crippen molar-refractivity contribution in [1.82, 2.24) is 4.98 Å². The van der Waals surface area contributed by atoms with Crippen LogP contribution in [-0.4, -0.2) is 17.6 Å². The normalized spacial score (nSPS) is 10.4. The molecule has 2 aromatic rings. The van der Waals surface area contributed by atoms with E-state index in [0.717, 1.165) is 11.1 Å². The molecule has 0 radical (unpaired) electrons. The summed E-state index contributed by atoms with van der Waals surface area (Å²) in [6.07, 6.45) is 0. The lowest BCUT2D eigenvalue weighted by atomic mass is 10.1. The Balaban J connectivity index is 2.51. The van der Waals surface area contributed by atoms with Crippen LogP contribution in [0.1, 0.15) is 22.2 Å². The number of hydrogen-bond acceptors (Lipinski definition) is 4. The molecule has 5 heteroatoms. The van der Waals surface area contributed by atoms with E-state index in [1.807, 2.05) is 31.2 Å². The summed E-state index contributed by atoms with van der Waals surface area (Å²) in [7, 11) is 0. The lowest BCUT2D eigenvalue weighted by Gasteiger charge is -2.05. The first kappa shape index (κ1) is 13.2. The van der Waals surface area contributed by atoms with Gasteiger partial charge in [-0.25, -0.2) is 9.78 Å². The van der Waals surface area contributed by atoms with Gasteiger partial charge in [-0.1, -0.05) is 35.6 Å². The van der Waals surface area contributed by atoms with Crippen molar-refractivity contribution in [3.05, 3.63) is 38.6 Å². The van der Waals surface area contributed by atoms with Gasteiger partial charge in [0.15, 0.2) is 3.92 Å². The maximum atomic E-state index is 11.9. The molecule has 0 aliphatic carbocycles. The van der Waals surface area contributed by atoms with Gasteiger partial charge in [-0.15, -0.1) is 0 Å². The highest BCUT2D eigenvalue weighted by atomic mass is 79.9. The van der Waals surface area contributed by atoms with Crippen molar-refractivity contribution in [1.29, 1.82) is 0 Å². The molecule has 2 rings (SSSR count). The van der Waals surface area contributed by atoms with Gasteiger partial charge in [-0.3, -0.25) is 0 Å². The Morgan fingerprint density at radius 1 is 1.44 bits per heavy atom. The summed E-state index contributed by atoms with van der Waals surface area (Å²) in [6.45, 7) is 4.15. The van der Waals surface area contributed by atoms with Crippen molar-refractivity contribution in [3.8, 4) is 11.3 Å². The predicted octanol–water partition coefficient (Wildman–Crippen LogP) is 4.06. The zero-order valence-electron chi connectivity index (χ0n) is 10.1. The predicted molar refractivity (Wildman–Crippen MR) is 75.9 cm³/mol. The third-order valence-corrected chi connectivity index (χ3v) is 3.95. The van der Waals surface area contributed by atoms with E-state index in [1.54, 1.807) is 6.92 Å². The number of esters is 1. The second-order valence-electron chi connectivity index (χ2n) is 3.68. The molecule has 0 N–H and O–H groups in total. The Bertz CT molecular complexity index is 580. The molecular weight excluding hydrogens is 314 g/mol. The van der Waals surface area contributed by atoms with Crippen LogP contribution in [0, 0.1) is 6.92 Å². The third kappa shape index (κ3) is 2.62. The Labute approximate surface area is 118 Å². The average Bonchev–Trinajstić information content (AvgIpc) is 2.72. The summed E-state index contributed by atoms with van der Waals surface area (Å²) in [6, 6.07) is 7.85. The van der Waals surface area contributed by atoms with Gasteiger partial charge in [-0.05, 0) is 35.3 Å². The number of aryl methyl sites for hydroxylation is 1. The molecule has 0 aliphatic heterocycles. The summed E-state index contributed by atoms with van der Waals surface area (Å²) >= 11 is 4.62. The van der Waals surface area contributed by atoms with Crippen LogP contribution in [-0.2, 0) is 4.74 Å². The molecule has 0 fully saturated rings. The van der Waals surface area contributed by atoms with Crippen LogP contribution < -0.4 is 0 Å². The number of aromatic nitrogens is 1. The van der Waals surface area contributed by atoms with Crippen molar-refractivity contribution in [2.24, 2.45) is 0 Å². The summed E-state index contributed by atoms with van der Waals surface area (Å²) in [5.41, 5.74) is 2.73. The highest BCUT2D eigenvalue weighted by molar-refractivity contribution is 9.11. The smallest absolute Gasteiger partial charge is 0.350 e. The molecule has 0 saturated heterocycles. The Morgan fingerprint density at radius 2 is 2.17 bits per heavy atom. The molecule has 0 spiro atoms. The third-order valence-electron chi connectivity index (χ3n) is 2.46. The van der Waals surface area contributed by atoms with Gasteiger partial charge >= 0.3 is 5.97 Å². The Morgan fingerprint density at radius 3 is 2.83 bits per heavy atom. The summed E-state index contributed by atoms with van der Waals surface area (Å²) in [5, 5.41) is 0. The number of halogens is 1. The molecule has 0 bridgehead atoms. The summed E-state index contributed by atoms with van der Waals surface area (Å²) < 4.78 is 5.74. The summed E-state index contributed by atoms with van der Waals surface area (Å²) in [5.74, 6) is -0.320. The standard InChI is InChI=1S/C13H12BrNO2S/c1-3-17-12(16)11-10(15-13(14)18-11)9-7-5-4-6-8(9)2/h4-7H,3H2,1-2H3. The average molecular weight is 326 g/mol. The zero-order valence-corrected chi connectivity index (χ0v) is 12.5. The molecule has 0 aliphatic rings. The number of nitrogens with zero attached hydrogens (tertiary/aromatic N) is 1. The number of thiazole rings is 1. The van der Waals surface area contributed by atoms with Crippen LogP contribution in [0.2, 0.25) is 0 Å². The van der Waals surface area contributed by atoms with E-state index in [9.17, 15) is 4.79 Å². The number of carbonyl (C=O) groups is 1. The van der Waals surface area contributed by atoms with Gasteiger partial charge in [0.2, 0.25) is 0 Å². The molecule has 0 saturated carbocycles. The van der Waals surface area contributed by atoms with E-state index >= 15 is 0 Å². The lowest BCUT2D eigenvalue weighted by Crippen LogP contribution is -2.04. The minimum absolute atomic E-state index is 0.320. The van der Waals surface area contributed by atoms with Crippen LogP contribution >= 0.6 is 27.3 Å². The fourth-order valence-electron chi connectivity index (χ4n) is 1.65. The van der Waals surface area contributed by atoms with Crippen molar-refractivity contribution >= 4 is 33.2 Å². The second-order valence-corrected chi connectivity index (χ2v) is 5.96. The van der Waals surface area contributed by atoms with Gasteiger partial charge < -0.3 is 4.74 Å². The van der Waals surface area contributed by atoms with E-state index in [0.29, 0.717) is 21.1 Å². The molecule has 0 amide bonds. The molecule has 0 unspecified atom stereocenters. The fourth-order valence-corrected chi connectivity index (χ4v) is 3.01. The number of carbonyl (C=O) groups excluding carboxylic acids is 1. The Kier molecular flexibility index (Phi) is 4.14. The lowest BCUT2D eigenvalue weighted by molar-refractivity contribution is 0.0532. The quantitative estimate of drug-likeness (QED) is 0.799. The largest absolute Gasteiger partial charge is 0.462 e. The van der Waals surface area contributed by atoms with E-state index in [1.165, 1.54) is 11.3 Å². The van der Waals surface area contributed by atoms with Gasteiger partial charge in [-0.2, -0.15) is 0 Å². The second kappa shape index (κ2) is 5.63. The first-order valence-electron chi connectivity index (χ1n) is 5.53. The van der Waals surface area contributed by atoms with E-state index < -0.39 is 0 Å². The molecule has 3 nitrogen and oxygen atoms in total. The highest BCUT2D eigenvalue weighted by Crippen LogP contribution is 2.33. The molecule has 18 heavy (non-hydrogen) atoms. The monoisotopic (exact) mass is 325 g/mol. The Hall–Kier alpha value is -1.20. The fraction of sp³-hybridized carbons (Fsp3) is 0.231. The number of rotatable bonds is 3. The minimum atomic E-state index is -0.320. The van der Waals surface area contributed by atoms with Gasteiger partial charge in [0.25, 0.3) is 0 Å². The number of benzene rings is 1. The molecular formula is C13H12BrNO2S. The van der Waals surface area contributed by atoms with Crippen molar-refractivity contribution in [3.63, 3.8) is 0 Å². The molecule has 1 heterocycles. The summed E-state index contributed by atoms with van der Waals surface area (Å²) in [4.78, 5) is 16.8. The van der Waals surface area contributed by atoms with Gasteiger partial charge in [0, 0.05) is 5.56 Å². The molecule has 1 aromatic heterocycles. The van der Waals surface area contributed by atoms with Gasteiger partial charge in [0.05, 0.1) is 12.3 Å². The van der Waals surface area contributed by atoms with Crippen molar-refractivity contribution < 1.29 is 9.53 Å². The van der Waals surface area contributed by atoms with Crippen molar-refractivity contribution in [2.45, 2.75) is 13.8 Å². The van der Waals surface area contributed by atoms with E-state index in [4.69, 9.17) is 4.74 Å². The van der Waals surface area contributed by atoms with Crippen LogP contribution in [0.4, 0.5) is 0 Å². The maximum absolute atomic E-state index is 11.9. The van der Waals surface area contributed by atoms with Crippen LogP contribution in [0.5, 0.6) is 0 Å². The molecule has 1 aromatic carbocycles. The first-order chi connectivity index (χ1) is 8.63. The number of hydrogen-bond donors (Lipinski definition) is 0. The molecule has 94 valence electrons. The SMILES string of the molecule is CCOC(=O)c1sc(Br)nc1-c1ccccc1C. The van der Waals surface area contributed by atoms with E-state index in [-0.39, 0.29) is 5.97 Å². The van der Waals surface area contributed by atoms with Gasteiger partial charge in [0.1, 0.15) is 4.88 Å². The van der Waals surface area contributed by atoms with Crippen molar-refractivity contribution in [2.75, 3.05) is 6.61 Å². The molecule has 0 atom stereocenters. The number of ether oxygens (including phenoxy) is 1. The maximum Gasteiger partial charge on any atom is 0.350 e. The van der Waals surface area contributed by atoms with Crippen LogP contribution in [0.3, 0.4) is 0 Å². The van der Waals surface area contributed by atoms with E-state index in [2.05, 4.69) is 20.9 Å². The topological polar surface area (TPSA) is 39.2 Å². The highest BCUT2D eigenvalue weighted by Gasteiger charge is 2.20. The first-order valence-corrected chi connectivity index (χ1v) is 7.14. The van der Waals surface area contributed by atoms with Crippen LogP contribution in [0.25, 0.3) is 11.3 Å². The zero-order chi connectivity index (χ0) is 13.1.